The first kappa shape index (κ1) is 15.9. The molecule has 2 aliphatic heterocycles. The van der Waals surface area contributed by atoms with Crippen molar-refractivity contribution in [2.45, 2.75) is 18.9 Å². The van der Waals surface area contributed by atoms with E-state index in [1.165, 1.54) is 0 Å². The van der Waals surface area contributed by atoms with E-state index in [9.17, 15) is 4.79 Å². The van der Waals surface area contributed by atoms with Gasteiger partial charge in [-0.2, -0.15) is 0 Å². The van der Waals surface area contributed by atoms with Gasteiger partial charge in [-0.05, 0) is 25.0 Å². The Hall–Kier alpha value is -1.46. The summed E-state index contributed by atoms with van der Waals surface area (Å²) in [5, 5.41) is 6.33. The van der Waals surface area contributed by atoms with Crippen LogP contribution in [0.1, 0.15) is 12.8 Å². The Kier molecular flexibility index (Phi) is 5.70. The number of anilines is 2. The predicted molar refractivity (Wildman–Crippen MR) is 86.4 cm³/mol. The van der Waals surface area contributed by atoms with Gasteiger partial charge in [-0.15, -0.1) is 12.4 Å². The second-order valence-corrected chi connectivity index (χ2v) is 5.30. The van der Waals surface area contributed by atoms with Crippen LogP contribution in [0.4, 0.5) is 11.4 Å². The standard InChI is InChI=1S/C15H21N3O2.ClH/c19-15(17-10-12-4-3-9-20-12)11-18-8-7-16-13-5-1-2-6-14(13)18;/h1-2,5-6,12,16H,3-4,7-11H2,(H,17,19);1H. The van der Waals surface area contributed by atoms with E-state index in [0.717, 1.165) is 43.9 Å². The van der Waals surface area contributed by atoms with Crippen molar-refractivity contribution in [2.24, 2.45) is 0 Å². The second kappa shape index (κ2) is 7.52. The van der Waals surface area contributed by atoms with Gasteiger partial charge in [0.25, 0.3) is 0 Å². The molecule has 2 aliphatic rings. The number of fused-ring (bicyclic) bond motifs is 1. The molecule has 21 heavy (non-hydrogen) atoms. The summed E-state index contributed by atoms with van der Waals surface area (Å²) in [5.41, 5.74) is 2.21. The summed E-state index contributed by atoms with van der Waals surface area (Å²) < 4.78 is 5.51. The first-order valence-electron chi connectivity index (χ1n) is 7.29. The van der Waals surface area contributed by atoms with Crippen LogP contribution in [-0.4, -0.2) is 44.8 Å². The molecule has 0 radical (unpaired) electrons. The number of halogens is 1. The van der Waals surface area contributed by atoms with Crippen LogP contribution < -0.4 is 15.5 Å². The zero-order chi connectivity index (χ0) is 13.8. The molecule has 5 nitrogen and oxygen atoms in total. The molecule has 6 heteroatoms. The highest BCUT2D eigenvalue weighted by molar-refractivity contribution is 5.85. The quantitative estimate of drug-likeness (QED) is 0.887. The van der Waals surface area contributed by atoms with Gasteiger partial charge in [-0.3, -0.25) is 4.79 Å². The molecule has 1 fully saturated rings. The lowest BCUT2D eigenvalue weighted by Crippen LogP contribution is -2.43. The zero-order valence-corrected chi connectivity index (χ0v) is 12.8. The van der Waals surface area contributed by atoms with Gasteiger partial charge in [-0.25, -0.2) is 0 Å². The summed E-state index contributed by atoms with van der Waals surface area (Å²) in [5.74, 6) is 0.0669. The fraction of sp³-hybridized carbons (Fsp3) is 0.533. The van der Waals surface area contributed by atoms with Crippen LogP contribution in [0, 0.1) is 0 Å². The first-order valence-corrected chi connectivity index (χ1v) is 7.29. The van der Waals surface area contributed by atoms with Gasteiger partial charge in [0, 0.05) is 26.2 Å². The minimum Gasteiger partial charge on any atom is -0.382 e. The fourth-order valence-corrected chi connectivity index (χ4v) is 2.77. The van der Waals surface area contributed by atoms with E-state index in [4.69, 9.17) is 4.74 Å². The average molecular weight is 312 g/mol. The van der Waals surface area contributed by atoms with Crippen LogP contribution in [0.3, 0.4) is 0 Å². The molecule has 1 unspecified atom stereocenters. The number of nitrogens with zero attached hydrogens (tertiary/aromatic N) is 1. The maximum atomic E-state index is 12.0. The van der Waals surface area contributed by atoms with Crippen molar-refractivity contribution < 1.29 is 9.53 Å². The summed E-state index contributed by atoms with van der Waals surface area (Å²) in [6.45, 7) is 3.59. The Labute approximate surface area is 131 Å². The monoisotopic (exact) mass is 311 g/mol. The molecular weight excluding hydrogens is 290 g/mol. The van der Waals surface area contributed by atoms with Crippen LogP contribution in [-0.2, 0) is 9.53 Å². The summed E-state index contributed by atoms with van der Waals surface area (Å²) in [6, 6.07) is 8.11. The molecule has 0 saturated carbocycles. The number of carbonyl (C=O) groups is 1. The maximum absolute atomic E-state index is 12.0. The molecule has 0 spiro atoms. The average Bonchev–Trinajstić information content (AvgIpc) is 2.99. The number of hydrogen-bond donors (Lipinski definition) is 2. The topological polar surface area (TPSA) is 53.6 Å². The van der Waals surface area contributed by atoms with E-state index in [2.05, 4.69) is 21.6 Å². The normalized spacial score (nSPS) is 20.2. The SMILES string of the molecule is Cl.O=C(CN1CCNc2ccccc21)NCC1CCCO1. The second-order valence-electron chi connectivity index (χ2n) is 5.30. The van der Waals surface area contributed by atoms with Crippen LogP contribution in [0.15, 0.2) is 24.3 Å². The molecule has 1 aromatic rings. The lowest BCUT2D eigenvalue weighted by Gasteiger charge is -2.31. The van der Waals surface area contributed by atoms with Gasteiger partial charge >= 0.3 is 0 Å². The van der Waals surface area contributed by atoms with Crippen LogP contribution in [0.2, 0.25) is 0 Å². The highest BCUT2D eigenvalue weighted by Gasteiger charge is 2.20. The largest absolute Gasteiger partial charge is 0.382 e. The number of amides is 1. The van der Waals surface area contributed by atoms with E-state index in [1.807, 2.05) is 18.2 Å². The van der Waals surface area contributed by atoms with Gasteiger partial charge in [0.05, 0.1) is 24.0 Å². The summed E-state index contributed by atoms with van der Waals surface area (Å²) in [7, 11) is 0. The van der Waals surface area contributed by atoms with E-state index in [1.54, 1.807) is 0 Å². The van der Waals surface area contributed by atoms with Gasteiger partial charge in [-0.1, -0.05) is 12.1 Å². The third kappa shape index (κ3) is 4.02. The number of benzene rings is 1. The van der Waals surface area contributed by atoms with E-state index in [-0.39, 0.29) is 24.4 Å². The fourth-order valence-electron chi connectivity index (χ4n) is 2.77. The number of para-hydroxylation sites is 2. The molecular formula is C15H22ClN3O2. The van der Waals surface area contributed by atoms with Crippen molar-refractivity contribution in [1.29, 1.82) is 0 Å². The number of rotatable bonds is 4. The highest BCUT2D eigenvalue weighted by Crippen LogP contribution is 2.27. The van der Waals surface area contributed by atoms with Crippen molar-refractivity contribution in [1.82, 2.24) is 5.32 Å². The zero-order valence-electron chi connectivity index (χ0n) is 12.0. The van der Waals surface area contributed by atoms with Crippen molar-refractivity contribution in [3.8, 4) is 0 Å². The van der Waals surface area contributed by atoms with Gasteiger partial charge < -0.3 is 20.3 Å². The summed E-state index contributed by atoms with van der Waals surface area (Å²) in [6.07, 6.45) is 2.36. The minimum atomic E-state index is 0. The highest BCUT2D eigenvalue weighted by atomic mass is 35.5. The molecule has 116 valence electrons. The lowest BCUT2D eigenvalue weighted by atomic mass is 10.2. The Morgan fingerprint density at radius 1 is 1.43 bits per heavy atom. The molecule has 2 heterocycles. The van der Waals surface area contributed by atoms with Crippen LogP contribution >= 0.6 is 12.4 Å². The third-order valence-corrected chi connectivity index (χ3v) is 3.83. The van der Waals surface area contributed by atoms with Crippen molar-refractivity contribution in [2.75, 3.05) is 43.0 Å². The number of ether oxygens (including phenoxy) is 1. The number of carbonyl (C=O) groups excluding carboxylic acids is 1. The Balaban J connectivity index is 0.00000161. The van der Waals surface area contributed by atoms with Gasteiger partial charge in [0.15, 0.2) is 0 Å². The summed E-state index contributed by atoms with van der Waals surface area (Å²) >= 11 is 0. The molecule has 3 rings (SSSR count). The maximum Gasteiger partial charge on any atom is 0.239 e. The van der Waals surface area contributed by atoms with E-state index >= 15 is 0 Å². The Morgan fingerprint density at radius 2 is 2.29 bits per heavy atom. The molecule has 1 aromatic carbocycles. The lowest BCUT2D eigenvalue weighted by molar-refractivity contribution is -0.120. The predicted octanol–water partition coefficient (Wildman–Crippen LogP) is 1.64. The van der Waals surface area contributed by atoms with Crippen LogP contribution in [0.5, 0.6) is 0 Å². The third-order valence-electron chi connectivity index (χ3n) is 3.83. The van der Waals surface area contributed by atoms with Gasteiger partial charge in [0.1, 0.15) is 0 Å². The van der Waals surface area contributed by atoms with Crippen LogP contribution in [0.25, 0.3) is 0 Å². The molecule has 1 amide bonds. The number of hydrogen-bond acceptors (Lipinski definition) is 4. The van der Waals surface area contributed by atoms with Crippen molar-refractivity contribution >= 4 is 29.7 Å². The molecule has 0 bridgehead atoms. The van der Waals surface area contributed by atoms with E-state index < -0.39 is 0 Å². The minimum absolute atomic E-state index is 0. The van der Waals surface area contributed by atoms with Gasteiger partial charge in [0.2, 0.25) is 5.91 Å². The van der Waals surface area contributed by atoms with Crippen molar-refractivity contribution in [3.63, 3.8) is 0 Å². The molecule has 2 N–H and O–H groups in total. The molecule has 1 saturated heterocycles. The smallest absolute Gasteiger partial charge is 0.239 e. The Bertz CT molecular complexity index is 478. The van der Waals surface area contributed by atoms with E-state index in [0.29, 0.717) is 13.1 Å². The summed E-state index contributed by atoms with van der Waals surface area (Å²) in [4.78, 5) is 14.2. The van der Waals surface area contributed by atoms with Crippen molar-refractivity contribution in [3.05, 3.63) is 24.3 Å². The molecule has 1 atom stereocenters. The first-order chi connectivity index (χ1) is 9.83. The number of nitrogens with one attached hydrogen (secondary N) is 2. The Morgan fingerprint density at radius 3 is 3.10 bits per heavy atom. The molecule has 0 aliphatic carbocycles. The molecule has 0 aromatic heterocycles.